The molecule has 0 spiro atoms. The standard InChI is InChI=1S/C11H17N3O2/c1-4-14(8-10(15)16-5-2)11-12-7-6-9(3)13-11/h6-7H,4-5,8H2,1-3H3. The van der Waals surface area contributed by atoms with Crippen LogP contribution in [0.4, 0.5) is 5.95 Å². The van der Waals surface area contributed by atoms with E-state index in [1.807, 2.05) is 19.9 Å². The molecule has 0 fully saturated rings. The first-order valence-electron chi connectivity index (χ1n) is 5.37. The van der Waals surface area contributed by atoms with Gasteiger partial charge in [-0.15, -0.1) is 0 Å². The lowest BCUT2D eigenvalue weighted by atomic mass is 10.4. The van der Waals surface area contributed by atoms with Gasteiger partial charge >= 0.3 is 5.97 Å². The lowest BCUT2D eigenvalue weighted by Gasteiger charge is -2.19. The molecule has 0 unspecified atom stereocenters. The van der Waals surface area contributed by atoms with Gasteiger partial charge in [0.1, 0.15) is 6.54 Å². The van der Waals surface area contributed by atoms with Crippen molar-refractivity contribution in [2.24, 2.45) is 0 Å². The maximum absolute atomic E-state index is 11.4. The van der Waals surface area contributed by atoms with Crippen LogP contribution in [0.2, 0.25) is 0 Å². The zero-order chi connectivity index (χ0) is 12.0. The Bertz CT molecular complexity index is 355. The molecule has 1 aromatic heterocycles. The molecular formula is C11H17N3O2. The highest BCUT2D eigenvalue weighted by Gasteiger charge is 2.12. The van der Waals surface area contributed by atoms with Crippen LogP contribution < -0.4 is 4.90 Å². The summed E-state index contributed by atoms with van der Waals surface area (Å²) in [5, 5.41) is 0. The molecule has 0 aliphatic heterocycles. The number of anilines is 1. The summed E-state index contributed by atoms with van der Waals surface area (Å²) < 4.78 is 4.89. The Hall–Kier alpha value is -1.65. The minimum absolute atomic E-state index is 0.188. The molecule has 0 bridgehead atoms. The highest BCUT2D eigenvalue weighted by atomic mass is 16.5. The second-order valence-electron chi connectivity index (χ2n) is 3.32. The van der Waals surface area contributed by atoms with Crippen molar-refractivity contribution in [3.05, 3.63) is 18.0 Å². The van der Waals surface area contributed by atoms with Crippen molar-refractivity contribution in [2.45, 2.75) is 20.8 Å². The Labute approximate surface area is 95.5 Å². The van der Waals surface area contributed by atoms with Crippen molar-refractivity contribution < 1.29 is 9.53 Å². The number of hydrogen-bond acceptors (Lipinski definition) is 5. The third-order valence-corrected chi connectivity index (χ3v) is 2.07. The Balaban J connectivity index is 2.70. The maximum Gasteiger partial charge on any atom is 0.325 e. The number of aromatic nitrogens is 2. The molecule has 88 valence electrons. The zero-order valence-corrected chi connectivity index (χ0v) is 9.93. The summed E-state index contributed by atoms with van der Waals surface area (Å²) in [6.07, 6.45) is 1.69. The highest BCUT2D eigenvalue weighted by molar-refractivity contribution is 5.74. The number of ether oxygens (including phenoxy) is 1. The molecule has 0 N–H and O–H groups in total. The molecule has 0 aromatic carbocycles. The lowest BCUT2D eigenvalue weighted by molar-refractivity contribution is -0.141. The molecule has 0 aliphatic carbocycles. The van der Waals surface area contributed by atoms with Crippen LogP contribution in [0.1, 0.15) is 19.5 Å². The molecular weight excluding hydrogens is 206 g/mol. The molecule has 0 aliphatic rings. The predicted octanol–water partition coefficient (Wildman–Crippen LogP) is 1.17. The number of nitrogens with zero attached hydrogens (tertiary/aromatic N) is 3. The summed E-state index contributed by atoms with van der Waals surface area (Å²) in [7, 11) is 0. The normalized spacial score (nSPS) is 9.94. The largest absolute Gasteiger partial charge is 0.465 e. The minimum atomic E-state index is -0.255. The van der Waals surface area contributed by atoms with Crippen molar-refractivity contribution in [1.29, 1.82) is 0 Å². The van der Waals surface area contributed by atoms with Crippen LogP contribution in [-0.2, 0) is 9.53 Å². The van der Waals surface area contributed by atoms with Crippen LogP contribution in [0.15, 0.2) is 12.3 Å². The molecule has 0 saturated heterocycles. The van der Waals surface area contributed by atoms with Gasteiger partial charge in [-0.05, 0) is 26.8 Å². The second-order valence-corrected chi connectivity index (χ2v) is 3.32. The molecule has 5 nitrogen and oxygen atoms in total. The molecule has 0 radical (unpaired) electrons. The smallest absolute Gasteiger partial charge is 0.325 e. The second kappa shape index (κ2) is 6.05. The van der Waals surface area contributed by atoms with Crippen LogP contribution in [0.3, 0.4) is 0 Å². The van der Waals surface area contributed by atoms with Crippen LogP contribution in [0.5, 0.6) is 0 Å². The quantitative estimate of drug-likeness (QED) is 0.701. The van der Waals surface area contributed by atoms with Crippen molar-refractivity contribution in [1.82, 2.24) is 9.97 Å². The third kappa shape index (κ3) is 3.49. The predicted molar refractivity (Wildman–Crippen MR) is 61.3 cm³/mol. The molecule has 0 saturated carbocycles. The first-order chi connectivity index (χ1) is 7.67. The minimum Gasteiger partial charge on any atom is -0.465 e. The summed E-state index contributed by atoms with van der Waals surface area (Å²) in [6, 6.07) is 1.82. The fourth-order valence-electron chi connectivity index (χ4n) is 1.27. The van der Waals surface area contributed by atoms with E-state index >= 15 is 0 Å². The van der Waals surface area contributed by atoms with Gasteiger partial charge in [-0.3, -0.25) is 4.79 Å². The van der Waals surface area contributed by atoms with Gasteiger partial charge in [0.25, 0.3) is 0 Å². The molecule has 0 atom stereocenters. The summed E-state index contributed by atoms with van der Waals surface area (Å²) >= 11 is 0. The van der Waals surface area contributed by atoms with Gasteiger partial charge in [-0.2, -0.15) is 0 Å². The lowest BCUT2D eigenvalue weighted by Crippen LogP contribution is -2.32. The van der Waals surface area contributed by atoms with E-state index in [0.29, 0.717) is 19.1 Å². The van der Waals surface area contributed by atoms with E-state index in [2.05, 4.69) is 9.97 Å². The van der Waals surface area contributed by atoms with Gasteiger partial charge in [-0.25, -0.2) is 9.97 Å². The topological polar surface area (TPSA) is 55.3 Å². The Morgan fingerprint density at radius 2 is 2.25 bits per heavy atom. The molecule has 1 rings (SSSR count). The first-order valence-corrected chi connectivity index (χ1v) is 5.37. The summed E-state index contributed by atoms with van der Waals surface area (Å²) in [6.45, 7) is 6.88. The van der Waals surface area contributed by atoms with Crippen LogP contribution in [-0.4, -0.2) is 35.6 Å². The van der Waals surface area contributed by atoms with E-state index in [-0.39, 0.29) is 12.5 Å². The van der Waals surface area contributed by atoms with E-state index in [1.165, 1.54) is 0 Å². The van der Waals surface area contributed by atoms with Gasteiger partial charge in [0, 0.05) is 18.4 Å². The molecule has 5 heteroatoms. The van der Waals surface area contributed by atoms with Crippen LogP contribution in [0, 0.1) is 6.92 Å². The number of hydrogen-bond donors (Lipinski definition) is 0. The molecule has 1 heterocycles. The van der Waals surface area contributed by atoms with E-state index in [1.54, 1.807) is 18.0 Å². The number of esters is 1. The summed E-state index contributed by atoms with van der Waals surface area (Å²) in [4.78, 5) is 21.5. The van der Waals surface area contributed by atoms with Gasteiger partial charge in [0.15, 0.2) is 0 Å². The Kier molecular flexibility index (Phi) is 4.69. The number of aryl methyl sites for hydroxylation is 1. The zero-order valence-electron chi connectivity index (χ0n) is 9.93. The van der Waals surface area contributed by atoms with Crippen LogP contribution in [0.25, 0.3) is 0 Å². The number of rotatable bonds is 5. The average molecular weight is 223 g/mol. The van der Waals surface area contributed by atoms with E-state index in [9.17, 15) is 4.79 Å². The Morgan fingerprint density at radius 3 is 2.81 bits per heavy atom. The maximum atomic E-state index is 11.4. The van der Waals surface area contributed by atoms with Crippen molar-refractivity contribution >= 4 is 11.9 Å². The first kappa shape index (κ1) is 12.4. The molecule has 1 aromatic rings. The van der Waals surface area contributed by atoms with E-state index in [4.69, 9.17) is 4.74 Å². The van der Waals surface area contributed by atoms with Gasteiger partial charge in [0.2, 0.25) is 5.95 Å². The summed E-state index contributed by atoms with van der Waals surface area (Å²) in [5.41, 5.74) is 0.882. The van der Waals surface area contributed by atoms with Crippen LogP contribution >= 0.6 is 0 Å². The van der Waals surface area contributed by atoms with Gasteiger partial charge < -0.3 is 9.64 Å². The average Bonchev–Trinajstić information content (AvgIpc) is 2.26. The Morgan fingerprint density at radius 1 is 1.50 bits per heavy atom. The van der Waals surface area contributed by atoms with Crippen molar-refractivity contribution in [3.63, 3.8) is 0 Å². The van der Waals surface area contributed by atoms with Crippen molar-refractivity contribution in [2.75, 3.05) is 24.6 Å². The number of carbonyl (C=O) groups excluding carboxylic acids is 1. The van der Waals surface area contributed by atoms with Gasteiger partial charge in [-0.1, -0.05) is 0 Å². The van der Waals surface area contributed by atoms with E-state index in [0.717, 1.165) is 5.69 Å². The fourth-order valence-corrected chi connectivity index (χ4v) is 1.27. The fraction of sp³-hybridized carbons (Fsp3) is 0.545. The summed E-state index contributed by atoms with van der Waals surface area (Å²) in [5.74, 6) is 0.310. The van der Waals surface area contributed by atoms with Gasteiger partial charge in [0.05, 0.1) is 6.61 Å². The number of carbonyl (C=O) groups is 1. The monoisotopic (exact) mass is 223 g/mol. The highest BCUT2D eigenvalue weighted by Crippen LogP contribution is 2.06. The molecule has 0 amide bonds. The third-order valence-electron chi connectivity index (χ3n) is 2.07. The number of likely N-dealkylation sites (N-methyl/N-ethyl adjacent to an activating group) is 1. The SMILES string of the molecule is CCOC(=O)CN(CC)c1nccc(C)n1. The molecule has 16 heavy (non-hydrogen) atoms. The van der Waals surface area contributed by atoms with Crippen molar-refractivity contribution in [3.8, 4) is 0 Å². The van der Waals surface area contributed by atoms with E-state index < -0.39 is 0 Å².